The first kappa shape index (κ1) is 10.5. The maximum Gasteiger partial charge on any atom is 0.168 e. The highest BCUT2D eigenvalue weighted by Crippen LogP contribution is 1.96. The monoisotopic (exact) mass is 192 g/mol. The van der Waals surface area contributed by atoms with Crippen LogP contribution in [0.2, 0.25) is 0 Å². The van der Waals surface area contributed by atoms with Gasteiger partial charge in [0.15, 0.2) is 10.7 Å². The Morgan fingerprint density at radius 1 is 1.55 bits per heavy atom. The molecule has 62 valence electrons. The molecular formula is C7H9ClO2S. The largest absolute Gasteiger partial charge is 0.227 e. The summed E-state index contributed by atoms with van der Waals surface area (Å²) in [5, 5.41) is 0. The van der Waals surface area contributed by atoms with Crippen LogP contribution in [0.15, 0.2) is 35.8 Å². The molecule has 0 bridgehead atoms. The van der Waals surface area contributed by atoms with Gasteiger partial charge >= 0.3 is 0 Å². The average molecular weight is 193 g/mol. The number of alkyl halides is 1. The summed E-state index contributed by atoms with van der Waals surface area (Å²) in [6.07, 6.45) is 5.95. The predicted octanol–water partition coefficient (Wildman–Crippen LogP) is 1.46. The molecule has 0 saturated carbocycles. The number of allylic oxidation sites excluding steroid dienone is 4. The third kappa shape index (κ3) is 4.81. The Hall–Kier alpha value is -0.540. The van der Waals surface area contributed by atoms with Crippen molar-refractivity contribution < 1.29 is 8.42 Å². The van der Waals surface area contributed by atoms with Crippen LogP contribution < -0.4 is 0 Å². The molecule has 0 aromatic rings. The highest BCUT2D eigenvalue weighted by Gasteiger charge is 1.88. The van der Waals surface area contributed by atoms with Crippen LogP contribution in [-0.2, 0) is 10.7 Å². The number of thiol groups is 1. The van der Waals surface area contributed by atoms with Crippen LogP contribution in [0.5, 0.6) is 0 Å². The highest BCUT2D eigenvalue weighted by atomic mass is 35.5. The molecule has 4 heteroatoms. The van der Waals surface area contributed by atoms with E-state index in [4.69, 9.17) is 11.6 Å². The van der Waals surface area contributed by atoms with Gasteiger partial charge < -0.3 is 0 Å². The van der Waals surface area contributed by atoms with Gasteiger partial charge in [-0.2, -0.15) is 0 Å². The first-order chi connectivity index (χ1) is 5.22. The average Bonchev–Trinajstić information content (AvgIpc) is 1.97. The summed E-state index contributed by atoms with van der Waals surface area (Å²) >= 11 is 5.31. The lowest BCUT2D eigenvalue weighted by molar-refractivity contribution is 0.620. The van der Waals surface area contributed by atoms with Gasteiger partial charge in [0, 0.05) is 5.88 Å². The molecule has 0 fully saturated rings. The summed E-state index contributed by atoms with van der Waals surface area (Å²) in [4.78, 5) is 0.196. The van der Waals surface area contributed by atoms with E-state index in [1.54, 1.807) is 12.2 Å². The third-order valence-corrected chi connectivity index (χ3v) is 1.84. The van der Waals surface area contributed by atoms with Crippen molar-refractivity contribution in [2.45, 2.75) is 0 Å². The quantitative estimate of drug-likeness (QED) is 0.416. The predicted molar refractivity (Wildman–Crippen MR) is 48.5 cm³/mol. The van der Waals surface area contributed by atoms with E-state index >= 15 is 0 Å². The first-order valence-corrected chi connectivity index (χ1v) is 4.63. The Kier molecular flexibility index (Phi) is 5.88. The smallest absolute Gasteiger partial charge is 0.168 e. The zero-order valence-corrected chi connectivity index (χ0v) is 7.52. The summed E-state index contributed by atoms with van der Waals surface area (Å²) in [6, 6.07) is 0. The molecule has 0 atom stereocenters. The third-order valence-electron chi connectivity index (χ3n) is 0.912. The van der Waals surface area contributed by atoms with Crippen molar-refractivity contribution in [1.29, 1.82) is 0 Å². The number of hydrogen-bond acceptors (Lipinski definition) is 2. The molecule has 0 aromatic heterocycles. The van der Waals surface area contributed by atoms with Gasteiger partial charge in [-0.05, 0) is 6.08 Å². The van der Waals surface area contributed by atoms with E-state index in [1.807, 2.05) is 0 Å². The molecule has 0 spiro atoms. The standard InChI is InChI=1S/C7H9ClO2S/c1-2-7(11(9)10)5-3-4-6-8/h2-5,11H,1,6H2/b4-3-,7-5+. The normalized spacial score (nSPS) is 12.7. The van der Waals surface area contributed by atoms with E-state index in [2.05, 4.69) is 6.58 Å². The molecule has 0 amide bonds. The first-order valence-electron chi connectivity index (χ1n) is 2.92. The number of hydrogen-bond donors (Lipinski definition) is 1. The Morgan fingerprint density at radius 3 is 2.55 bits per heavy atom. The van der Waals surface area contributed by atoms with E-state index in [9.17, 15) is 8.42 Å². The fourth-order valence-electron chi connectivity index (χ4n) is 0.421. The summed E-state index contributed by atoms with van der Waals surface area (Å²) in [6.45, 7) is 3.34. The van der Waals surface area contributed by atoms with E-state index in [-0.39, 0.29) is 4.91 Å². The topological polar surface area (TPSA) is 34.1 Å². The van der Waals surface area contributed by atoms with Crippen LogP contribution in [0.25, 0.3) is 0 Å². The van der Waals surface area contributed by atoms with E-state index < -0.39 is 10.7 Å². The van der Waals surface area contributed by atoms with Gasteiger partial charge in [-0.15, -0.1) is 11.6 Å². The van der Waals surface area contributed by atoms with Crippen LogP contribution in [-0.4, -0.2) is 14.3 Å². The molecule has 0 aliphatic heterocycles. The van der Waals surface area contributed by atoms with Gasteiger partial charge in [0.25, 0.3) is 0 Å². The molecule has 2 nitrogen and oxygen atoms in total. The lowest BCUT2D eigenvalue weighted by Crippen LogP contribution is -1.77. The molecule has 0 radical (unpaired) electrons. The lowest BCUT2D eigenvalue weighted by Gasteiger charge is -1.83. The fourth-order valence-corrected chi connectivity index (χ4v) is 0.881. The van der Waals surface area contributed by atoms with Crippen molar-refractivity contribution in [2.24, 2.45) is 0 Å². The zero-order valence-electron chi connectivity index (χ0n) is 5.87. The van der Waals surface area contributed by atoms with Crippen LogP contribution in [0.1, 0.15) is 0 Å². The molecular weight excluding hydrogens is 184 g/mol. The molecule has 11 heavy (non-hydrogen) atoms. The second-order valence-corrected chi connectivity index (χ2v) is 2.97. The molecule has 0 unspecified atom stereocenters. The van der Waals surface area contributed by atoms with E-state index in [0.717, 1.165) is 0 Å². The molecule has 0 rings (SSSR count). The van der Waals surface area contributed by atoms with Crippen LogP contribution in [0.4, 0.5) is 0 Å². The molecule has 0 N–H and O–H groups in total. The number of halogens is 1. The Morgan fingerprint density at radius 2 is 2.18 bits per heavy atom. The lowest BCUT2D eigenvalue weighted by atomic mass is 10.4. The molecule has 0 saturated heterocycles. The van der Waals surface area contributed by atoms with Crippen molar-refractivity contribution in [2.75, 3.05) is 5.88 Å². The maximum atomic E-state index is 10.4. The van der Waals surface area contributed by atoms with Gasteiger partial charge in [-0.3, -0.25) is 0 Å². The fraction of sp³-hybridized carbons (Fsp3) is 0.143. The van der Waals surface area contributed by atoms with Crippen LogP contribution in [0.3, 0.4) is 0 Å². The minimum atomic E-state index is -2.53. The summed E-state index contributed by atoms with van der Waals surface area (Å²) in [5.41, 5.74) is 0. The van der Waals surface area contributed by atoms with Gasteiger partial charge in [0.1, 0.15) is 0 Å². The van der Waals surface area contributed by atoms with Crippen LogP contribution in [0, 0.1) is 0 Å². The minimum absolute atomic E-state index is 0.196. The van der Waals surface area contributed by atoms with Crippen molar-refractivity contribution in [1.82, 2.24) is 0 Å². The molecule has 0 aliphatic rings. The van der Waals surface area contributed by atoms with Gasteiger partial charge in [-0.1, -0.05) is 24.8 Å². The van der Waals surface area contributed by atoms with Gasteiger partial charge in [0.05, 0.1) is 4.91 Å². The highest BCUT2D eigenvalue weighted by molar-refractivity contribution is 7.77. The maximum absolute atomic E-state index is 10.4. The van der Waals surface area contributed by atoms with Crippen molar-refractivity contribution in [3.05, 3.63) is 35.8 Å². The Balaban J connectivity index is 4.36. The Labute approximate surface area is 72.8 Å². The Bertz CT molecular complexity index is 243. The van der Waals surface area contributed by atoms with E-state index in [0.29, 0.717) is 5.88 Å². The minimum Gasteiger partial charge on any atom is -0.227 e. The molecule has 0 aliphatic carbocycles. The van der Waals surface area contributed by atoms with Crippen molar-refractivity contribution in [3.63, 3.8) is 0 Å². The SMILES string of the molecule is C=C/C(=C\C=C/CCl)[SH](=O)=O. The molecule has 0 heterocycles. The van der Waals surface area contributed by atoms with Gasteiger partial charge in [0.2, 0.25) is 0 Å². The summed E-state index contributed by atoms with van der Waals surface area (Å²) in [5.74, 6) is 0.372. The van der Waals surface area contributed by atoms with Crippen LogP contribution >= 0.6 is 11.6 Å². The molecule has 0 aromatic carbocycles. The second kappa shape index (κ2) is 6.19. The summed E-state index contributed by atoms with van der Waals surface area (Å²) in [7, 11) is -2.53. The zero-order chi connectivity index (χ0) is 8.69. The number of rotatable bonds is 4. The van der Waals surface area contributed by atoms with Crippen molar-refractivity contribution in [3.8, 4) is 0 Å². The summed E-state index contributed by atoms with van der Waals surface area (Å²) < 4.78 is 20.7. The van der Waals surface area contributed by atoms with Gasteiger partial charge in [-0.25, -0.2) is 8.42 Å². The second-order valence-electron chi connectivity index (χ2n) is 1.64. The van der Waals surface area contributed by atoms with E-state index in [1.165, 1.54) is 12.2 Å². The van der Waals surface area contributed by atoms with Crippen molar-refractivity contribution >= 4 is 22.3 Å².